The molecule has 4 nitrogen and oxygen atoms in total. The van der Waals surface area contributed by atoms with Gasteiger partial charge >= 0.3 is 0 Å². The van der Waals surface area contributed by atoms with Crippen LogP contribution in [0.25, 0.3) is 0 Å². The highest BCUT2D eigenvalue weighted by Gasteiger charge is 2.27. The van der Waals surface area contributed by atoms with Crippen molar-refractivity contribution in [2.24, 2.45) is 0 Å². The van der Waals surface area contributed by atoms with E-state index in [1.807, 2.05) is 30.3 Å². The van der Waals surface area contributed by atoms with Gasteiger partial charge in [0, 0.05) is 24.7 Å². The summed E-state index contributed by atoms with van der Waals surface area (Å²) >= 11 is 0. The SMILES string of the molecule is CC#CC(=O)NC1CCC(=O)N(c2ccccc2)C1. The summed E-state index contributed by atoms with van der Waals surface area (Å²) in [4.78, 5) is 25.1. The third-order valence-corrected chi connectivity index (χ3v) is 3.05. The number of para-hydroxylation sites is 1. The Balaban J connectivity index is 2.06. The van der Waals surface area contributed by atoms with Crippen LogP contribution in [0.5, 0.6) is 0 Å². The maximum atomic E-state index is 11.9. The first-order valence-electron chi connectivity index (χ1n) is 6.29. The number of piperidine rings is 1. The molecule has 0 spiro atoms. The molecule has 1 aromatic rings. The topological polar surface area (TPSA) is 49.4 Å². The van der Waals surface area contributed by atoms with Crippen LogP contribution in [0.3, 0.4) is 0 Å². The van der Waals surface area contributed by atoms with E-state index in [1.54, 1.807) is 11.8 Å². The Bertz CT molecular complexity index is 528. The fourth-order valence-corrected chi connectivity index (χ4v) is 2.16. The lowest BCUT2D eigenvalue weighted by atomic mass is 10.0. The summed E-state index contributed by atoms with van der Waals surface area (Å²) in [5, 5.41) is 2.83. The number of hydrogen-bond acceptors (Lipinski definition) is 2. The molecule has 4 heteroatoms. The average molecular weight is 256 g/mol. The van der Waals surface area contributed by atoms with Gasteiger partial charge in [-0.2, -0.15) is 0 Å². The second-order valence-electron chi connectivity index (χ2n) is 4.42. The van der Waals surface area contributed by atoms with Crippen LogP contribution in [-0.4, -0.2) is 24.4 Å². The summed E-state index contributed by atoms with van der Waals surface area (Å²) in [6.45, 7) is 2.13. The number of nitrogens with zero attached hydrogens (tertiary/aromatic N) is 1. The zero-order valence-electron chi connectivity index (χ0n) is 10.8. The lowest BCUT2D eigenvalue weighted by Gasteiger charge is -2.32. The number of amides is 2. The van der Waals surface area contributed by atoms with Gasteiger partial charge < -0.3 is 10.2 Å². The summed E-state index contributed by atoms with van der Waals surface area (Å²) in [5.41, 5.74) is 0.869. The predicted octanol–water partition coefficient (Wildman–Crippen LogP) is 1.32. The minimum absolute atomic E-state index is 0.0359. The van der Waals surface area contributed by atoms with Crippen molar-refractivity contribution >= 4 is 17.5 Å². The largest absolute Gasteiger partial charge is 0.341 e. The molecule has 1 aromatic carbocycles. The Morgan fingerprint density at radius 2 is 2.11 bits per heavy atom. The highest BCUT2D eigenvalue weighted by Crippen LogP contribution is 2.20. The number of hydrogen-bond donors (Lipinski definition) is 1. The van der Waals surface area contributed by atoms with Crippen molar-refractivity contribution in [1.29, 1.82) is 0 Å². The molecular formula is C15H16N2O2. The molecule has 1 aliphatic rings. The van der Waals surface area contributed by atoms with Crippen molar-refractivity contribution in [3.8, 4) is 11.8 Å². The van der Waals surface area contributed by atoms with E-state index in [9.17, 15) is 9.59 Å². The van der Waals surface area contributed by atoms with Crippen molar-refractivity contribution < 1.29 is 9.59 Å². The Morgan fingerprint density at radius 3 is 2.79 bits per heavy atom. The summed E-state index contributed by atoms with van der Waals surface area (Å²) in [6.07, 6.45) is 1.11. The van der Waals surface area contributed by atoms with Gasteiger partial charge in [-0.1, -0.05) is 24.1 Å². The molecule has 0 saturated carbocycles. The quantitative estimate of drug-likeness (QED) is 0.811. The first kappa shape index (κ1) is 13.2. The summed E-state index contributed by atoms with van der Waals surface area (Å²) in [6, 6.07) is 9.46. The van der Waals surface area contributed by atoms with Gasteiger partial charge in [0.05, 0.1) is 0 Å². The zero-order chi connectivity index (χ0) is 13.7. The number of anilines is 1. The first-order valence-corrected chi connectivity index (χ1v) is 6.29. The van der Waals surface area contributed by atoms with Gasteiger partial charge in [-0.15, -0.1) is 0 Å². The normalized spacial score (nSPS) is 18.5. The van der Waals surface area contributed by atoms with Crippen LogP contribution in [0.2, 0.25) is 0 Å². The van der Waals surface area contributed by atoms with Crippen molar-refractivity contribution in [2.45, 2.75) is 25.8 Å². The van der Waals surface area contributed by atoms with E-state index < -0.39 is 0 Å². The van der Waals surface area contributed by atoms with Gasteiger partial charge in [-0.25, -0.2) is 0 Å². The van der Waals surface area contributed by atoms with Crippen molar-refractivity contribution in [3.05, 3.63) is 30.3 Å². The Labute approximate surface area is 112 Å². The highest BCUT2D eigenvalue weighted by atomic mass is 16.2. The smallest absolute Gasteiger partial charge is 0.296 e. The van der Waals surface area contributed by atoms with E-state index in [-0.39, 0.29) is 17.9 Å². The molecule has 98 valence electrons. The Kier molecular flexibility index (Phi) is 4.19. The lowest BCUT2D eigenvalue weighted by molar-refractivity contribution is -0.121. The fraction of sp³-hybridized carbons (Fsp3) is 0.333. The van der Waals surface area contributed by atoms with Crippen LogP contribution in [0.1, 0.15) is 19.8 Å². The number of rotatable bonds is 2. The minimum atomic E-state index is -0.283. The molecule has 0 aromatic heterocycles. The van der Waals surface area contributed by atoms with Gasteiger partial charge in [0.15, 0.2) is 0 Å². The van der Waals surface area contributed by atoms with Crippen molar-refractivity contribution in [1.82, 2.24) is 5.32 Å². The van der Waals surface area contributed by atoms with Crippen LogP contribution in [-0.2, 0) is 9.59 Å². The van der Waals surface area contributed by atoms with E-state index in [1.165, 1.54) is 0 Å². The summed E-state index contributed by atoms with van der Waals surface area (Å²) < 4.78 is 0. The number of nitrogens with one attached hydrogen (secondary N) is 1. The monoisotopic (exact) mass is 256 g/mol. The predicted molar refractivity (Wildman–Crippen MR) is 73.4 cm³/mol. The van der Waals surface area contributed by atoms with E-state index in [0.29, 0.717) is 19.4 Å². The maximum absolute atomic E-state index is 11.9. The van der Waals surface area contributed by atoms with E-state index in [2.05, 4.69) is 17.2 Å². The molecule has 0 radical (unpaired) electrons. The fourth-order valence-electron chi connectivity index (χ4n) is 2.16. The second kappa shape index (κ2) is 6.05. The maximum Gasteiger partial charge on any atom is 0.296 e. The second-order valence-corrected chi connectivity index (χ2v) is 4.42. The lowest BCUT2D eigenvalue weighted by Crippen LogP contribution is -2.50. The van der Waals surface area contributed by atoms with E-state index in [0.717, 1.165) is 5.69 Å². The molecule has 2 rings (SSSR count). The molecule has 0 bridgehead atoms. The van der Waals surface area contributed by atoms with E-state index in [4.69, 9.17) is 0 Å². The van der Waals surface area contributed by atoms with Gasteiger partial charge in [0.1, 0.15) is 0 Å². The Hall–Kier alpha value is -2.28. The highest BCUT2D eigenvalue weighted by molar-refractivity contribution is 5.96. The van der Waals surface area contributed by atoms with Crippen LogP contribution < -0.4 is 10.2 Å². The third-order valence-electron chi connectivity index (χ3n) is 3.05. The van der Waals surface area contributed by atoms with Crippen molar-refractivity contribution in [2.75, 3.05) is 11.4 Å². The van der Waals surface area contributed by atoms with Gasteiger partial charge in [-0.05, 0) is 31.4 Å². The summed E-state index contributed by atoms with van der Waals surface area (Å²) in [7, 11) is 0. The Morgan fingerprint density at radius 1 is 1.37 bits per heavy atom. The molecule has 1 N–H and O–H groups in total. The molecule has 1 heterocycles. The van der Waals surface area contributed by atoms with Crippen LogP contribution >= 0.6 is 0 Å². The number of carbonyl (C=O) groups is 2. The molecule has 1 aliphatic heterocycles. The minimum Gasteiger partial charge on any atom is -0.341 e. The average Bonchev–Trinajstić information content (AvgIpc) is 2.42. The van der Waals surface area contributed by atoms with E-state index >= 15 is 0 Å². The zero-order valence-corrected chi connectivity index (χ0v) is 10.8. The number of carbonyl (C=O) groups excluding carboxylic acids is 2. The molecule has 1 unspecified atom stereocenters. The molecular weight excluding hydrogens is 240 g/mol. The van der Waals surface area contributed by atoms with Crippen molar-refractivity contribution in [3.63, 3.8) is 0 Å². The standard InChI is InChI=1S/C15H16N2O2/c1-2-6-14(18)16-12-9-10-15(19)17(11-12)13-7-4-3-5-8-13/h3-5,7-8,12H,9-11H2,1H3,(H,16,18). The van der Waals surface area contributed by atoms with Gasteiger partial charge in [-0.3, -0.25) is 9.59 Å². The van der Waals surface area contributed by atoms with Crippen LogP contribution in [0.15, 0.2) is 30.3 Å². The molecule has 1 saturated heterocycles. The number of benzene rings is 1. The van der Waals surface area contributed by atoms with Gasteiger partial charge in [0.2, 0.25) is 5.91 Å². The third kappa shape index (κ3) is 3.35. The van der Waals surface area contributed by atoms with Crippen LogP contribution in [0.4, 0.5) is 5.69 Å². The van der Waals surface area contributed by atoms with Crippen LogP contribution in [0, 0.1) is 11.8 Å². The molecule has 1 atom stereocenters. The first-order chi connectivity index (χ1) is 9.20. The summed E-state index contributed by atoms with van der Waals surface area (Å²) in [5.74, 6) is 4.83. The molecule has 19 heavy (non-hydrogen) atoms. The molecule has 1 fully saturated rings. The molecule has 0 aliphatic carbocycles. The molecule has 2 amide bonds. The van der Waals surface area contributed by atoms with Gasteiger partial charge in [0.25, 0.3) is 5.91 Å².